The fourth-order valence-electron chi connectivity index (χ4n) is 3.92. The molecule has 1 aliphatic rings. The number of carbonyl (C=O) groups excluding carboxylic acids is 1. The number of thioether (sulfide) groups is 1. The highest BCUT2D eigenvalue weighted by Gasteiger charge is 2.20. The summed E-state index contributed by atoms with van der Waals surface area (Å²) in [6.45, 7) is 6.04. The number of hydrogen-bond acceptors (Lipinski definition) is 7. The molecule has 5 rings (SSSR count). The second kappa shape index (κ2) is 9.17. The van der Waals surface area contributed by atoms with Crippen LogP contribution in [0.3, 0.4) is 0 Å². The number of anilines is 1. The van der Waals surface area contributed by atoms with Crippen LogP contribution >= 0.6 is 11.8 Å². The zero-order valence-corrected chi connectivity index (χ0v) is 18.7. The van der Waals surface area contributed by atoms with Gasteiger partial charge in [0.1, 0.15) is 5.82 Å². The Labute approximate surface area is 189 Å². The van der Waals surface area contributed by atoms with Crippen molar-refractivity contribution in [1.82, 2.24) is 30.0 Å². The van der Waals surface area contributed by atoms with E-state index in [2.05, 4.69) is 27.2 Å². The molecule has 1 fully saturated rings. The maximum absolute atomic E-state index is 12.7. The van der Waals surface area contributed by atoms with E-state index in [1.807, 2.05) is 35.1 Å². The lowest BCUT2D eigenvalue weighted by atomic mass is 10.1. The molecule has 0 spiro atoms. The van der Waals surface area contributed by atoms with Gasteiger partial charge in [-0.1, -0.05) is 36.9 Å². The molecule has 1 aromatic carbocycles. The summed E-state index contributed by atoms with van der Waals surface area (Å²) in [5, 5.41) is 10.1. The van der Waals surface area contributed by atoms with Crippen LogP contribution in [-0.2, 0) is 11.3 Å². The standard InChI is InChI=1S/C22H25N7O2S/c1-2-32-22-26-19(28-9-11-31-12-10-28)17-14-25-29(20(17)27-22)8-7-23-21(30)16-13-24-18-6-4-3-5-15(16)18/h3-6,13-14,24H,2,7-12H2,1H3,(H,23,30). The molecule has 4 heterocycles. The van der Waals surface area contributed by atoms with Gasteiger partial charge in [0.2, 0.25) is 0 Å². The molecule has 0 unspecified atom stereocenters. The summed E-state index contributed by atoms with van der Waals surface area (Å²) in [7, 11) is 0. The van der Waals surface area contributed by atoms with Gasteiger partial charge in [0, 0.05) is 36.7 Å². The topological polar surface area (TPSA) is 101 Å². The second-order valence-electron chi connectivity index (χ2n) is 7.47. The summed E-state index contributed by atoms with van der Waals surface area (Å²) in [5.74, 6) is 1.69. The van der Waals surface area contributed by atoms with Gasteiger partial charge in [0.05, 0.1) is 36.9 Å². The van der Waals surface area contributed by atoms with Crippen LogP contribution in [-0.4, -0.2) is 69.2 Å². The Hall–Kier alpha value is -3.11. The van der Waals surface area contributed by atoms with Gasteiger partial charge in [-0.2, -0.15) is 5.10 Å². The Bertz CT molecular complexity index is 1250. The number of aromatic amines is 1. The minimum absolute atomic E-state index is 0.107. The first kappa shape index (κ1) is 20.8. The van der Waals surface area contributed by atoms with Crippen molar-refractivity contribution >= 4 is 45.4 Å². The van der Waals surface area contributed by atoms with Gasteiger partial charge in [-0.05, 0) is 11.8 Å². The number of morpholine rings is 1. The van der Waals surface area contributed by atoms with Crippen molar-refractivity contribution in [3.8, 4) is 0 Å². The SMILES string of the molecule is CCSc1nc(N2CCOCC2)c2cnn(CCNC(=O)c3c[nH]c4ccccc34)c2n1. The average molecular weight is 452 g/mol. The summed E-state index contributed by atoms with van der Waals surface area (Å²) >= 11 is 1.61. The van der Waals surface area contributed by atoms with Gasteiger partial charge >= 0.3 is 0 Å². The zero-order valence-electron chi connectivity index (χ0n) is 17.9. The minimum Gasteiger partial charge on any atom is -0.378 e. The summed E-state index contributed by atoms with van der Waals surface area (Å²) in [6, 6.07) is 7.78. The predicted octanol–water partition coefficient (Wildman–Crippen LogP) is 2.69. The van der Waals surface area contributed by atoms with Crippen LogP contribution in [0.15, 0.2) is 41.8 Å². The number of ether oxygens (including phenoxy) is 1. The first-order valence-corrected chi connectivity index (χ1v) is 11.8. The third kappa shape index (κ3) is 4.03. The van der Waals surface area contributed by atoms with Crippen LogP contribution in [0.2, 0.25) is 0 Å². The number of aromatic nitrogens is 5. The third-order valence-electron chi connectivity index (χ3n) is 5.48. The van der Waals surface area contributed by atoms with Crippen LogP contribution < -0.4 is 10.2 Å². The summed E-state index contributed by atoms with van der Waals surface area (Å²) in [4.78, 5) is 27.6. The maximum Gasteiger partial charge on any atom is 0.253 e. The molecule has 0 aliphatic carbocycles. The molecular weight excluding hydrogens is 426 g/mol. The highest BCUT2D eigenvalue weighted by Crippen LogP contribution is 2.27. The number of carbonyl (C=O) groups is 1. The lowest BCUT2D eigenvalue weighted by Gasteiger charge is -2.28. The third-order valence-corrected chi connectivity index (χ3v) is 6.21. The number of benzene rings is 1. The number of nitrogens with zero attached hydrogens (tertiary/aromatic N) is 5. The Morgan fingerprint density at radius 2 is 2.06 bits per heavy atom. The average Bonchev–Trinajstić information content (AvgIpc) is 3.44. The van der Waals surface area contributed by atoms with Gasteiger partial charge in [0.25, 0.3) is 5.91 Å². The molecule has 3 aromatic heterocycles. The van der Waals surface area contributed by atoms with Gasteiger partial charge in [-0.25, -0.2) is 14.6 Å². The normalized spacial score (nSPS) is 14.3. The predicted molar refractivity (Wildman–Crippen MR) is 125 cm³/mol. The van der Waals surface area contributed by atoms with Crippen LogP contribution in [0.25, 0.3) is 21.9 Å². The fourth-order valence-corrected chi connectivity index (χ4v) is 4.48. The monoisotopic (exact) mass is 451 g/mol. The molecule has 9 nitrogen and oxygen atoms in total. The fraction of sp³-hybridized carbons (Fsp3) is 0.364. The molecule has 10 heteroatoms. The van der Waals surface area contributed by atoms with Crippen molar-refractivity contribution < 1.29 is 9.53 Å². The number of amides is 1. The quantitative estimate of drug-likeness (QED) is 0.329. The molecule has 0 saturated carbocycles. The van der Waals surface area contributed by atoms with Gasteiger partial charge in [0.15, 0.2) is 10.8 Å². The molecular formula is C22H25N7O2S. The molecule has 4 aromatic rings. The Balaban J connectivity index is 1.35. The Morgan fingerprint density at radius 1 is 1.22 bits per heavy atom. The largest absolute Gasteiger partial charge is 0.378 e. The smallest absolute Gasteiger partial charge is 0.253 e. The van der Waals surface area contributed by atoms with Crippen LogP contribution in [0.5, 0.6) is 0 Å². The van der Waals surface area contributed by atoms with Crippen LogP contribution in [0.1, 0.15) is 17.3 Å². The van der Waals surface area contributed by atoms with E-state index in [4.69, 9.17) is 14.7 Å². The first-order chi connectivity index (χ1) is 15.7. The van der Waals surface area contributed by atoms with Crippen molar-refractivity contribution in [2.24, 2.45) is 0 Å². The molecule has 0 bridgehead atoms. The number of rotatable bonds is 7. The molecule has 0 radical (unpaired) electrons. The van der Waals surface area contributed by atoms with E-state index in [9.17, 15) is 4.79 Å². The highest BCUT2D eigenvalue weighted by molar-refractivity contribution is 7.99. The number of fused-ring (bicyclic) bond motifs is 2. The van der Waals surface area contributed by atoms with E-state index >= 15 is 0 Å². The maximum atomic E-state index is 12.7. The second-order valence-corrected chi connectivity index (χ2v) is 8.70. The molecule has 1 saturated heterocycles. The lowest BCUT2D eigenvalue weighted by Crippen LogP contribution is -2.37. The van der Waals surface area contributed by atoms with Crippen LogP contribution in [0.4, 0.5) is 5.82 Å². The van der Waals surface area contributed by atoms with Gasteiger partial charge < -0.3 is 19.9 Å². The number of hydrogen-bond donors (Lipinski definition) is 2. The van der Waals surface area contributed by atoms with E-state index in [0.29, 0.717) is 31.9 Å². The Kier molecular flexibility index (Phi) is 5.95. The molecule has 32 heavy (non-hydrogen) atoms. The van der Waals surface area contributed by atoms with E-state index in [1.165, 1.54) is 0 Å². The molecule has 166 valence electrons. The summed E-state index contributed by atoms with van der Waals surface area (Å²) in [5.41, 5.74) is 2.38. The molecule has 2 N–H and O–H groups in total. The molecule has 1 amide bonds. The van der Waals surface area contributed by atoms with Gasteiger partial charge in [-0.15, -0.1) is 0 Å². The van der Waals surface area contributed by atoms with Crippen molar-refractivity contribution in [3.63, 3.8) is 0 Å². The zero-order chi connectivity index (χ0) is 21.9. The van der Waals surface area contributed by atoms with Crippen molar-refractivity contribution in [2.45, 2.75) is 18.6 Å². The van der Waals surface area contributed by atoms with E-state index in [1.54, 1.807) is 18.0 Å². The van der Waals surface area contributed by atoms with Crippen LogP contribution in [0, 0.1) is 0 Å². The summed E-state index contributed by atoms with van der Waals surface area (Å²) < 4.78 is 7.34. The highest BCUT2D eigenvalue weighted by atomic mass is 32.2. The van der Waals surface area contributed by atoms with Gasteiger partial charge in [-0.3, -0.25) is 4.79 Å². The molecule has 0 atom stereocenters. The Morgan fingerprint density at radius 3 is 2.91 bits per heavy atom. The first-order valence-electron chi connectivity index (χ1n) is 10.8. The van der Waals surface area contributed by atoms with Crippen molar-refractivity contribution in [2.75, 3.05) is 43.5 Å². The lowest BCUT2D eigenvalue weighted by molar-refractivity contribution is 0.0953. The van der Waals surface area contributed by atoms with Crippen molar-refractivity contribution in [1.29, 1.82) is 0 Å². The number of nitrogens with one attached hydrogen (secondary N) is 2. The van der Waals surface area contributed by atoms with E-state index in [0.717, 1.165) is 51.8 Å². The minimum atomic E-state index is -0.107. The summed E-state index contributed by atoms with van der Waals surface area (Å²) in [6.07, 6.45) is 3.57. The molecule has 1 aliphatic heterocycles. The van der Waals surface area contributed by atoms with E-state index in [-0.39, 0.29) is 5.91 Å². The number of para-hydroxylation sites is 1. The van der Waals surface area contributed by atoms with Crippen molar-refractivity contribution in [3.05, 3.63) is 42.2 Å². The van der Waals surface area contributed by atoms with E-state index < -0.39 is 0 Å². The number of H-pyrrole nitrogens is 1.